The van der Waals surface area contributed by atoms with Crippen molar-refractivity contribution in [1.29, 1.82) is 0 Å². The van der Waals surface area contributed by atoms with E-state index in [1.807, 2.05) is 6.92 Å². The Labute approximate surface area is 167 Å². The third-order valence-electron chi connectivity index (χ3n) is 6.81. The monoisotopic (exact) mass is 385 g/mol. The number of phenolic OH excluding ortho intramolecular Hbond substituents is 1. The number of amides is 1. The Balaban J connectivity index is 1.71. The number of furan rings is 1. The fraction of sp³-hybridized carbons (Fsp3) is 0.609. The molecule has 5 heteroatoms. The summed E-state index contributed by atoms with van der Waals surface area (Å²) in [5.74, 6) is 0.852. The van der Waals surface area contributed by atoms with E-state index in [0.29, 0.717) is 22.9 Å². The molecule has 1 amide bonds. The van der Waals surface area contributed by atoms with Gasteiger partial charge < -0.3 is 19.7 Å². The SMILES string of the molecule is CC[C@H]1CCCC[NH+]1Cc1c(O)ccc2oc(C)c(C(=O)NC3CCCC3)c12. The zero-order valence-electron chi connectivity index (χ0n) is 17.1. The topological polar surface area (TPSA) is 66.9 Å². The highest BCUT2D eigenvalue weighted by Gasteiger charge is 2.30. The standard InChI is InChI=1S/C23H32N2O3/c1-3-17-10-6-7-13-25(17)14-18-19(26)11-12-20-22(18)21(15(2)28-20)23(27)24-16-8-4-5-9-16/h11-12,16-17,26H,3-10,13-14H2,1-2H3,(H,24,27)/p+1/t17-/m0/s1. The smallest absolute Gasteiger partial charge is 0.255 e. The molecule has 2 aliphatic rings. The fourth-order valence-electron chi connectivity index (χ4n) is 5.25. The lowest BCUT2D eigenvalue weighted by molar-refractivity contribution is -0.943. The van der Waals surface area contributed by atoms with Crippen LogP contribution in [0.25, 0.3) is 11.0 Å². The van der Waals surface area contributed by atoms with Crippen LogP contribution in [-0.2, 0) is 6.54 Å². The van der Waals surface area contributed by atoms with Crippen LogP contribution >= 0.6 is 0 Å². The lowest BCUT2D eigenvalue weighted by atomic mass is 9.97. The van der Waals surface area contributed by atoms with Crippen LogP contribution in [0.2, 0.25) is 0 Å². The van der Waals surface area contributed by atoms with Crippen LogP contribution in [0.1, 0.15) is 80.0 Å². The predicted molar refractivity (Wildman–Crippen MR) is 110 cm³/mol. The third-order valence-corrected chi connectivity index (χ3v) is 6.81. The number of aryl methyl sites for hydroxylation is 1. The first kappa shape index (κ1) is 19.3. The highest BCUT2D eigenvalue weighted by molar-refractivity contribution is 6.09. The van der Waals surface area contributed by atoms with Gasteiger partial charge in [-0.25, -0.2) is 0 Å². The molecular weight excluding hydrogens is 352 g/mol. The van der Waals surface area contributed by atoms with Crippen molar-refractivity contribution in [1.82, 2.24) is 5.32 Å². The van der Waals surface area contributed by atoms with Gasteiger partial charge in [-0.2, -0.15) is 0 Å². The number of hydrogen-bond donors (Lipinski definition) is 3. The molecule has 1 aliphatic heterocycles. The molecule has 1 aromatic carbocycles. The average molecular weight is 386 g/mol. The number of fused-ring (bicyclic) bond motifs is 1. The van der Waals surface area contributed by atoms with Gasteiger partial charge >= 0.3 is 0 Å². The van der Waals surface area contributed by atoms with Gasteiger partial charge in [-0.05, 0) is 57.6 Å². The molecule has 4 rings (SSSR count). The van der Waals surface area contributed by atoms with Crippen LogP contribution in [-0.4, -0.2) is 29.6 Å². The summed E-state index contributed by atoms with van der Waals surface area (Å²) >= 11 is 0. The number of likely N-dealkylation sites (tertiary alicyclic amines) is 1. The molecule has 0 spiro atoms. The van der Waals surface area contributed by atoms with Crippen molar-refractivity contribution in [3.05, 3.63) is 29.0 Å². The quantitative estimate of drug-likeness (QED) is 0.738. The highest BCUT2D eigenvalue weighted by Crippen LogP contribution is 2.34. The maximum Gasteiger partial charge on any atom is 0.255 e. The molecule has 1 aromatic heterocycles. The Morgan fingerprint density at radius 2 is 1.96 bits per heavy atom. The molecule has 2 atom stereocenters. The molecule has 1 saturated heterocycles. The van der Waals surface area contributed by atoms with E-state index in [4.69, 9.17) is 4.42 Å². The van der Waals surface area contributed by atoms with E-state index in [1.54, 1.807) is 12.1 Å². The molecule has 0 bridgehead atoms. The van der Waals surface area contributed by atoms with E-state index in [1.165, 1.54) is 37.0 Å². The zero-order chi connectivity index (χ0) is 19.7. The Morgan fingerprint density at radius 3 is 2.71 bits per heavy atom. The van der Waals surface area contributed by atoms with Crippen molar-refractivity contribution >= 4 is 16.9 Å². The fourth-order valence-corrected chi connectivity index (χ4v) is 5.25. The number of piperidine rings is 1. The second-order valence-electron chi connectivity index (χ2n) is 8.61. The summed E-state index contributed by atoms with van der Waals surface area (Å²) in [6.45, 7) is 5.96. The summed E-state index contributed by atoms with van der Waals surface area (Å²) in [7, 11) is 0. The van der Waals surface area contributed by atoms with Crippen molar-refractivity contribution in [3.8, 4) is 5.75 Å². The molecule has 2 aromatic rings. The second-order valence-corrected chi connectivity index (χ2v) is 8.61. The average Bonchev–Trinajstić information content (AvgIpc) is 3.31. The van der Waals surface area contributed by atoms with Gasteiger partial charge in [0.15, 0.2) is 0 Å². The number of rotatable bonds is 5. The molecule has 1 saturated carbocycles. The van der Waals surface area contributed by atoms with Gasteiger partial charge in [0.05, 0.1) is 23.7 Å². The van der Waals surface area contributed by atoms with Crippen molar-refractivity contribution in [2.45, 2.75) is 83.8 Å². The molecule has 152 valence electrons. The van der Waals surface area contributed by atoms with E-state index < -0.39 is 0 Å². The number of quaternary nitrogens is 1. The van der Waals surface area contributed by atoms with Crippen LogP contribution < -0.4 is 10.2 Å². The van der Waals surface area contributed by atoms with Gasteiger partial charge in [-0.3, -0.25) is 4.79 Å². The zero-order valence-corrected chi connectivity index (χ0v) is 17.1. The van der Waals surface area contributed by atoms with E-state index in [9.17, 15) is 9.90 Å². The molecule has 3 N–H and O–H groups in total. The van der Waals surface area contributed by atoms with Gasteiger partial charge in [0, 0.05) is 11.4 Å². The summed E-state index contributed by atoms with van der Waals surface area (Å²) in [6.07, 6.45) is 9.36. The van der Waals surface area contributed by atoms with Gasteiger partial charge in [0.1, 0.15) is 23.6 Å². The summed E-state index contributed by atoms with van der Waals surface area (Å²) in [4.78, 5) is 14.6. The number of carbonyl (C=O) groups excluding carboxylic acids is 1. The summed E-state index contributed by atoms with van der Waals surface area (Å²) < 4.78 is 5.94. The first-order chi connectivity index (χ1) is 13.6. The molecule has 1 unspecified atom stereocenters. The second kappa shape index (κ2) is 8.16. The molecular formula is C23H33N2O3+. The maximum absolute atomic E-state index is 13.1. The number of aromatic hydroxyl groups is 1. The summed E-state index contributed by atoms with van der Waals surface area (Å²) in [5.41, 5.74) is 2.17. The van der Waals surface area contributed by atoms with Gasteiger partial charge in [0.25, 0.3) is 5.91 Å². The number of phenols is 1. The van der Waals surface area contributed by atoms with Crippen molar-refractivity contribution in [2.24, 2.45) is 0 Å². The number of hydrogen-bond acceptors (Lipinski definition) is 3. The maximum atomic E-state index is 13.1. The largest absolute Gasteiger partial charge is 0.507 e. The van der Waals surface area contributed by atoms with E-state index in [0.717, 1.165) is 43.3 Å². The van der Waals surface area contributed by atoms with E-state index in [2.05, 4.69) is 12.2 Å². The third kappa shape index (κ3) is 3.64. The molecule has 2 fully saturated rings. The summed E-state index contributed by atoms with van der Waals surface area (Å²) in [5, 5.41) is 14.7. The van der Waals surface area contributed by atoms with E-state index in [-0.39, 0.29) is 17.7 Å². The van der Waals surface area contributed by atoms with Gasteiger partial charge in [0.2, 0.25) is 0 Å². The minimum absolute atomic E-state index is 0.0596. The minimum Gasteiger partial charge on any atom is -0.507 e. The van der Waals surface area contributed by atoms with Crippen LogP contribution in [0.15, 0.2) is 16.5 Å². The van der Waals surface area contributed by atoms with Crippen molar-refractivity contribution in [3.63, 3.8) is 0 Å². The lowest BCUT2D eigenvalue weighted by Gasteiger charge is -2.32. The summed E-state index contributed by atoms with van der Waals surface area (Å²) in [6, 6.07) is 4.38. The van der Waals surface area contributed by atoms with Gasteiger partial charge in [-0.15, -0.1) is 0 Å². The van der Waals surface area contributed by atoms with Crippen LogP contribution in [0, 0.1) is 6.92 Å². The van der Waals surface area contributed by atoms with E-state index >= 15 is 0 Å². The molecule has 1 aliphatic carbocycles. The van der Waals surface area contributed by atoms with Crippen molar-refractivity contribution in [2.75, 3.05) is 6.54 Å². The Bertz CT molecular complexity index is 851. The number of benzene rings is 1. The highest BCUT2D eigenvalue weighted by atomic mass is 16.3. The first-order valence-electron chi connectivity index (χ1n) is 11.0. The van der Waals surface area contributed by atoms with Crippen LogP contribution in [0.4, 0.5) is 0 Å². The molecule has 0 radical (unpaired) electrons. The lowest BCUT2D eigenvalue weighted by Crippen LogP contribution is -3.15. The molecule has 5 nitrogen and oxygen atoms in total. The Morgan fingerprint density at radius 1 is 1.21 bits per heavy atom. The van der Waals surface area contributed by atoms with Crippen LogP contribution in [0.3, 0.4) is 0 Å². The van der Waals surface area contributed by atoms with Crippen LogP contribution in [0.5, 0.6) is 5.75 Å². The predicted octanol–water partition coefficient (Wildman–Crippen LogP) is 3.47. The first-order valence-corrected chi connectivity index (χ1v) is 11.0. The van der Waals surface area contributed by atoms with Gasteiger partial charge in [-0.1, -0.05) is 19.8 Å². The number of nitrogens with one attached hydrogen (secondary N) is 2. The number of carbonyl (C=O) groups is 1. The molecule has 2 heterocycles. The normalized spacial score (nSPS) is 23.4. The minimum atomic E-state index is -0.0596. The molecule has 28 heavy (non-hydrogen) atoms. The Hall–Kier alpha value is -2.01. The van der Waals surface area contributed by atoms with Crippen molar-refractivity contribution < 1.29 is 19.2 Å². The Kier molecular flexibility index (Phi) is 5.63.